The zero-order valence-electron chi connectivity index (χ0n) is 25.1. The number of rotatable bonds is 12. The van der Waals surface area contributed by atoms with E-state index in [1.165, 1.54) is 23.5 Å². The maximum atomic E-state index is 12.3. The number of benzene rings is 2. The monoisotopic (exact) mass is 634 g/mol. The third kappa shape index (κ3) is 9.21. The van der Waals surface area contributed by atoms with Crippen molar-refractivity contribution in [3.63, 3.8) is 0 Å². The minimum Gasteiger partial charge on any atom is -0.497 e. The van der Waals surface area contributed by atoms with Gasteiger partial charge in [-0.2, -0.15) is 0 Å². The second-order valence-corrected chi connectivity index (χ2v) is 12.5. The van der Waals surface area contributed by atoms with Gasteiger partial charge in [-0.3, -0.25) is 19.6 Å². The summed E-state index contributed by atoms with van der Waals surface area (Å²) in [6.45, 7) is 7.51. The molecule has 5 rings (SSSR count). The lowest BCUT2D eigenvalue weighted by molar-refractivity contribution is -0.116. The minimum absolute atomic E-state index is 0.106. The van der Waals surface area contributed by atoms with Crippen molar-refractivity contribution in [3.05, 3.63) is 69.5 Å². The van der Waals surface area contributed by atoms with Crippen molar-refractivity contribution in [2.24, 2.45) is 9.98 Å². The second kappa shape index (κ2) is 15.9. The highest BCUT2D eigenvalue weighted by Gasteiger charge is 2.24. The van der Waals surface area contributed by atoms with Crippen LogP contribution in [0.2, 0.25) is 0 Å². The van der Waals surface area contributed by atoms with Gasteiger partial charge in [-0.05, 0) is 97.0 Å². The molecule has 10 nitrogen and oxygen atoms in total. The Labute approximate surface area is 267 Å². The Morgan fingerprint density at radius 1 is 0.682 bits per heavy atom. The number of hydrogen-bond acceptors (Lipinski definition) is 10. The molecule has 2 N–H and O–H groups in total. The van der Waals surface area contributed by atoms with Gasteiger partial charge in [0.05, 0.1) is 24.0 Å². The third-order valence-corrected chi connectivity index (χ3v) is 9.26. The number of aliphatic imine (C=N–C) groups is 2. The molecule has 0 radical (unpaired) electrons. The number of thioether (sulfide) groups is 2. The van der Waals surface area contributed by atoms with E-state index in [4.69, 9.17) is 9.47 Å². The Morgan fingerprint density at radius 2 is 1.07 bits per heavy atom. The normalized spacial score (nSPS) is 21.4. The molecule has 3 aliphatic rings. The van der Waals surface area contributed by atoms with Crippen LogP contribution in [-0.2, 0) is 9.59 Å². The zero-order chi connectivity index (χ0) is 30.7. The molecule has 2 aromatic rings. The summed E-state index contributed by atoms with van der Waals surface area (Å²) in [7, 11) is 3.27. The van der Waals surface area contributed by atoms with E-state index in [2.05, 4.69) is 30.4 Å². The molecule has 2 amide bonds. The number of carbonyl (C=O) groups excluding carboxylic acids is 2. The van der Waals surface area contributed by atoms with Gasteiger partial charge in [0.25, 0.3) is 11.8 Å². The SMILES string of the molecule is COc1ccc(/C=C2\SC(=NCCCN3CCN(CCCN=C4NC(=O)/C(=C/c5ccc(OC)cc5)S4)CC3)NC2=O)cc1. The Hall–Kier alpha value is -3.58. The molecule has 0 saturated carbocycles. The van der Waals surface area contributed by atoms with E-state index in [0.29, 0.717) is 33.2 Å². The summed E-state index contributed by atoms with van der Waals surface area (Å²) in [5.74, 6) is 1.36. The molecule has 3 saturated heterocycles. The predicted molar refractivity (Wildman–Crippen MR) is 180 cm³/mol. The largest absolute Gasteiger partial charge is 0.497 e. The number of hydrogen-bond donors (Lipinski definition) is 2. The zero-order valence-corrected chi connectivity index (χ0v) is 26.7. The van der Waals surface area contributed by atoms with Crippen LogP contribution in [0, 0.1) is 0 Å². The van der Waals surface area contributed by atoms with E-state index in [1.807, 2.05) is 60.7 Å². The summed E-state index contributed by atoms with van der Waals surface area (Å²) in [6, 6.07) is 15.2. The molecule has 0 atom stereocenters. The lowest BCUT2D eigenvalue weighted by Crippen LogP contribution is -2.46. The number of piperazine rings is 1. The summed E-state index contributed by atoms with van der Waals surface area (Å²) in [5, 5.41) is 7.09. The molecule has 3 aliphatic heterocycles. The molecule has 0 aliphatic carbocycles. The van der Waals surface area contributed by atoms with Crippen molar-refractivity contribution in [3.8, 4) is 11.5 Å². The van der Waals surface area contributed by atoms with Gasteiger partial charge in [0.2, 0.25) is 0 Å². The van der Waals surface area contributed by atoms with Crippen LogP contribution < -0.4 is 20.1 Å². The molecule has 2 aromatic carbocycles. The van der Waals surface area contributed by atoms with Crippen molar-refractivity contribution in [1.82, 2.24) is 20.4 Å². The van der Waals surface area contributed by atoms with Gasteiger partial charge in [-0.1, -0.05) is 24.3 Å². The molecule has 0 unspecified atom stereocenters. The summed E-state index contributed by atoms with van der Waals surface area (Å²) in [4.78, 5) is 40.2. The highest BCUT2D eigenvalue weighted by Crippen LogP contribution is 2.28. The number of nitrogens with one attached hydrogen (secondary N) is 2. The van der Waals surface area contributed by atoms with Crippen molar-refractivity contribution in [2.45, 2.75) is 12.8 Å². The van der Waals surface area contributed by atoms with Crippen molar-refractivity contribution >= 4 is 57.8 Å². The van der Waals surface area contributed by atoms with Crippen LogP contribution in [0.3, 0.4) is 0 Å². The summed E-state index contributed by atoms with van der Waals surface area (Å²) >= 11 is 2.78. The van der Waals surface area contributed by atoms with E-state index < -0.39 is 0 Å². The average molecular weight is 635 g/mol. The molecular formula is C32H38N6O4S2. The van der Waals surface area contributed by atoms with Crippen LogP contribution >= 0.6 is 23.5 Å². The van der Waals surface area contributed by atoms with Crippen molar-refractivity contribution in [1.29, 1.82) is 0 Å². The van der Waals surface area contributed by atoms with Crippen LogP contribution in [0.15, 0.2) is 68.3 Å². The lowest BCUT2D eigenvalue weighted by Gasteiger charge is -2.34. The van der Waals surface area contributed by atoms with E-state index in [0.717, 1.165) is 74.7 Å². The topological polar surface area (TPSA) is 108 Å². The van der Waals surface area contributed by atoms with E-state index in [9.17, 15) is 9.59 Å². The molecule has 12 heteroatoms. The summed E-state index contributed by atoms with van der Waals surface area (Å²) in [5.41, 5.74) is 1.90. The first-order chi connectivity index (χ1) is 21.5. The van der Waals surface area contributed by atoms with Crippen LogP contribution in [-0.4, -0.2) is 98.5 Å². The molecule has 3 fully saturated rings. The Balaban J connectivity index is 0.953. The van der Waals surface area contributed by atoms with Crippen molar-refractivity contribution < 1.29 is 19.1 Å². The number of nitrogens with zero attached hydrogens (tertiary/aromatic N) is 4. The van der Waals surface area contributed by atoms with E-state index in [1.54, 1.807) is 14.2 Å². The van der Waals surface area contributed by atoms with Crippen LogP contribution in [0.4, 0.5) is 0 Å². The van der Waals surface area contributed by atoms with Gasteiger partial charge in [-0.15, -0.1) is 0 Å². The number of amidine groups is 2. The number of ether oxygens (including phenoxy) is 2. The molecule has 0 spiro atoms. The Bertz CT molecular complexity index is 1320. The van der Waals surface area contributed by atoms with Gasteiger partial charge in [0, 0.05) is 39.3 Å². The molecule has 3 heterocycles. The van der Waals surface area contributed by atoms with Crippen LogP contribution in [0.25, 0.3) is 12.2 Å². The maximum absolute atomic E-state index is 12.3. The second-order valence-electron chi connectivity index (χ2n) is 10.4. The fourth-order valence-corrected chi connectivity index (χ4v) is 6.59. The van der Waals surface area contributed by atoms with Crippen LogP contribution in [0.5, 0.6) is 11.5 Å². The molecule has 232 valence electrons. The summed E-state index contributed by atoms with van der Waals surface area (Å²) in [6.07, 6.45) is 5.65. The Kier molecular flexibility index (Phi) is 11.5. The highest BCUT2D eigenvalue weighted by molar-refractivity contribution is 8.19. The number of amides is 2. The fourth-order valence-electron chi connectivity index (χ4n) is 4.89. The summed E-state index contributed by atoms with van der Waals surface area (Å²) < 4.78 is 10.4. The predicted octanol–water partition coefficient (Wildman–Crippen LogP) is 3.92. The molecule has 0 bridgehead atoms. The first-order valence-corrected chi connectivity index (χ1v) is 16.4. The van der Waals surface area contributed by atoms with Crippen molar-refractivity contribution in [2.75, 3.05) is 66.6 Å². The van der Waals surface area contributed by atoms with E-state index >= 15 is 0 Å². The van der Waals surface area contributed by atoms with Gasteiger partial charge in [0.1, 0.15) is 11.5 Å². The van der Waals surface area contributed by atoms with E-state index in [-0.39, 0.29) is 11.8 Å². The van der Waals surface area contributed by atoms with Gasteiger partial charge < -0.3 is 29.9 Å². The number of carbonyl (C=O) groups is 2. The fraction of sp³-hybridized carbons (Fsp3) is 0.375. The van der Waals surface area contributed by atoms with Gasteiger partial charge >= 0.3 is 0 Å². The molecular weight excluding hydrogens is 597 g/mol. The lowest BCUT2D eigenvalue weighted by atomic mass is 10.2. The molecule has 0 aromatic heterocycles. The standard InChI is InChI=1S/C32H38N6O4S2/c1-41-25-9-5-23(6-10-25)21-27-29(39)35-31(43-27)33-13-3-15-37-17-19-38(20-18-37)16-4-14-34-32-36-30(40)28(44-32)22-24-7-11-26(42-2)12-8-24/h5-12,21-22H,3-4,13-20H2,1-2H3,(H,33,35,39)(H,34,36,40)/b27-21-,28-22-. The Morgan fingerprint density at radius 3 is 1.43 bits per heavy atom. The molecule has 44 heavy (non-hydrogen) atoms. The highest BCUT2D eigenvalue weighted by atomic mass is 32.2. The quantitative estimate of drug-likeness (QED) is 0.267. The smallest absolute Gasteiger partial charge is 0.264 e. The third-order valence-electron chi connectivity index (χ3n) is 7.37. The number of methoxy groups -OCH3 is 2. The first kappa shape index (κ1) is 31.8. The average Bonchev–Trinajstić information content (AvgIpc) is 3.58. The van der Waals surface area contributed by atoms with Gasteiger partial charge in [-0.25, -0.2) is 0 Å². The van der Waals surface area contributed by atoms with Gasteiger partial charge in [0.15, 0.2) is 10.3 Å². The first-order valence-electron chi connectivity index (χ1n) is 14.7. The maximum Gasteiger partial charge on any atom is 0.264 e. The van der Waals surface area contributed by atoms with Crippen LogP contribution in [0.1, 0.15) is 24.0 Å². The minimum atomic E-state index is -0.106.